The molecule has 0 aliphatic carbocycles. The lowest BCUT2D eigenvalue weighted by Gasteiger charge is -2.32. The Bertz CT molecular complexity index is 712. The van der Waals surface area contributed by atoms with Crippen LogP contribution in [0.5, 0.6) is 0 Å². The largest absolute Gasteiger partial charge is 0.367 e. The average molecular weight is 304 g/mol. The first-order valence-corrected chi connectivity index (χ1v) is 8.12. The van der Waals surface area contributed by atoms with Crippen molar-refractivity contribution in [1.82, 2.24) is 15.0 Å². The molecule has 20 heavy (non-hydrogen) atoms. The van der Waals surface area contributed by atoms with Crippen molar-refractivity contribution in [1.29, 1.82) is 0 Å². The van der Waals surface area contributed by atoms with Crippen molar-refractivity contribution >= 4 is 38.7 Å². The number of thiophene rings is 1. The van der Waals surface area contributed by atoms with E-state index >= 15 is 0 Å². The van der Waals surface area contributed by atoms with E-state index in [9.17, 15) is 0 Å². The first-order chi connectivity index (χ1) is 9.92. The molecule has 1 aliphatic heterocycles. The minimum atomic E-state index is 0.0359. The maximum atomic E-state index is 5.83. The fourth-order valence-corrected chi connectivity index (χ4v) is 3.92. The smallest absolute Gasteiger partial charge is 0.150 e. The third-order valence-corrected chi connectivity index (χ3v) is 5.08. The summed E-state index contributed by atoms with van der Waals surface area (Å²) in [6, 6.07) is 2.03. The third kappa shape index (κ3) is 2.07. The molecule has 0 radical (unpaired) electrons. The van der Waals surface area contributed by atoms with Crippen LogP contribution in [0, 0.1) is 0 Å². The Kier molecular flexibility index (Phi) is 3.10. The van der Waals surface area contributed by atoms with Gasteiger partial charge in [-0.2, -0.15) is 0 Å². The molecular formula is C13H12N4OS2. The highest BCUT2D eigenvalue weighted by molar-refractivity contribution is 7.17. The van der Waals surface area contributed by atoms with E-state index in [0.717, 1.165) is 34.1 Å². The van der Waals surface area contributed by atoms with E-state index in [2.05, 4.69) is 25.2 Å². The van der Waals surface area contributed by atoms with Gasteiger partial charge >= 0.3 is 0 Å². The summed E-state index contributed by atoms with van der Waals surface area (Å²) < 4.78 is 6.98. The van der Waals surface area contributed by atoms with Gasteiger partial charge in [-0.1, -0.05) is 0 Å². The molecule has 0 saturated carbocycles. The van der Waals surface area contributed by atoms with Gasteiger partial charge in [0.15, 0.2) is 0 Å². The van der Waals surface area contributed by atoms with Crippen LogP contribution in [0.15, 0.2) is 29.4 Å². The van der Waals surface area contributed by atoms with Crippen molar-refractivity contribution in [2.75, 3.05) is 24.6 Å². The van der Waals surface area contributed by atoms with E-state index < -0.39 is 0 Å². The number of nitrogens with zero attached hydrogens (tertiary/aromatic N) is 4. The molecular weight excluding hydrogens is 292 g/mol. The van der Waals surface area contributed by atoms with E-state index in [4.69, 9.17) is 4.74 Å². The molecule has 7 heteroatoms. The van der Waals surface area contributed by atoms with Crippen LogP contribution in [0.1, 0.15) is 11.1 Å². The molecule has 1 atom stereocenters. The molecule has 1 aliphatic rings. The summed E-state index contributed by atoms with van der Waals surface area (Å²) in [5.74, 6) is 1.01. The van der Waals surface area contributed by atoms with E-state index in [1.165, 1.54) is 0 Å². The lowest BCUT2D eigenvalue weighted by molar-refractivity contribution is 0.0395. The Labute approximate surface area is 123 Å². The molecule has 0 bridgehead atoms. The van der Waals surface area contributed by atoms with Gasteiger partial charge in [-0.05, 0) is 11.4 Å². The first kappa shape index (κ1) is 12.2. The zero-order valence-corrected chi connectivity index (χ0v) is 12.2. The average Bonchev–Trinajstić information content (AvgIpc) is 3.18. The molecule has 0 aromatic carbocycles. The van der Waals surface area contributed by atoms with Crippen LogP contribution in [-0.4, -0.2) is 34.6 Å². The van der Waals surface area contributed by atoms with Gasteiger partial charge in [0.25, 0.3) is 0 Å². The highest BCUT2D eigenvalue weighted by Crippen LogP contribution is 2.32. The zero-order chi connectivity index (χ0) is 13.4. The number of aromatic nitrogens is 3. The lowest BCUT2D eigenvalue weighted by atomic mass is 10.2. The SMILES string of the molecule is c1csc([C@H]2CN(c3ncnc4ccsc34)CCO2)n1. The molecule has 4 heterocycles. The maximum Gasteiger partial charge on any atom is 0.150 e. The Morgan fingerprint density at radius 1 is 1.20 bits per heavy atom. The fourth-order valence-electron chi connectivity index (χ4n) is 2.39. The molecule has 0 N–H and O–H groups in total. The predicted molar refractivity (Wildman–Crippen MR) is 80.4 cm³/mol. The van der Waals surface area contributed by atoms with Crippen molar-refractivity contribution in [3.8, 4) is 0 Å². The Morgan fingerprint density at radius 2 is 2.20 bits per heavy atom. The first-order valence-electron chi connectivity index (χ1n) is 6.36. The number of hydrogen-bond donors (Lipinski definition) is 0. The number of rotatable bonds is 2. The van der Waals surface area contributed by atoms with E-state index in [0.29, 0.717) is 6.61 Å². The van der Waals surface area contributed by atoms with Gasteiger partial charge in [0.05, 0.1) is 23.4 Å². The van der Waals surface area contributed by atoms with Crippen LogP contribution in [-0.2, 0) is 4.74 Å². The topological polar surface area (TPSA) is 51.1 Å². The van der Waals surface area contributed by atoms with E-state index in [1.54, 1.807) is 29.0 Å². The summed E-state index contributed by atoms with van der Waals surface area (Å²) in [6.07, 6.45) is 3.50. The predicted octanol–water partition coefficient (Wildman–Crippen LogP) is 2.73. The van der Waals surface area contributed by atoms with Gasteiger partial charge in [0.2, 0.25) is 0 Å². The van der Waals surface area contributed by atoms with Crippen LogP contribution in [0.25, 0.3) is 10.2 Å². The zero-order valence-electron chi connectivity index (χ0n) is 10.6. The molecule has 0 unspecified atom stereocenters. The summed E-state index contributed by atoms with van der Waals surface area (Å²) >= 11 is 3.32. The standard InChI is InChI=1S/C13H12N4OS2/c1-5-19-11-9(1)15-8-16-12(11)17-3-4-18-10(7-17)13-14-2-6-20-13/h1-2,5-6,8,10H,3-4,7H2/t10-/m1/s1. The lowest BCUT2D eigenvalue weighted by Crippen LogP contribution is -2.38. The van der Waals surface area contributed by atoms with Gasteiger partial charge in [0, 0.05) is 18.1 Å². The number of thiazole rings is 1. The molecule has 3 aromatic rings. The second-order valence-corrected chi connectivity index (χ2v) is 6.35. The molecule has 3 aromatic heterocycles. The van der Waals surface area contributed by atoms with Crippen LogP contribution >= 0.6 is 22.7 Å². The summed E-state index contributed by atoms with van der Waals surface area (Å²) in [4.78, 5) is 15.4. The fraction of sp³-hybridized carbons (Fsp3) is 0.308. The molecule has 0 amide bonds. The monoisotopic (exact) mass is 304 g/mol. The number of anilines is 1. The second-order valence-electron chi connectivity index (χ2n) is 4.51. The minimum absolute atomic E-state index is 0.0359. The summed E-state index contributed by atoms with van der Waals surface area (Å²) in [6.45, 7) is 2.34. The molecule has 1 saturated heterocycles. The number of ether oxygens (including phenoxy) is 1. The second kappa shape index (κ2) is 5.08. The van der Waals surface area contributed by atoms with Crippen molar-refractivity contribution in [3.05, 3.63) is 34.4 Å². The minimum Gasteiger partial charge on any atom is -0.367 e. The van der Waals surface area contributed by atoms with Crippen molar-refractivity contribution < 1.29 is 4.74 Å². The normalized spacial score (nSPS) is 19.6. The highest BCUT2D eigenvalue weighted by Gasteiger charge is 2.26. The quantitative estimate of drug-likeness (QED) is 0.728. The highest BCUT2D eigenvalue weighted by atomic mass is 32.1. The molecule has 1 fully saturated rings. The number of hydrogen-bond acceptors (Lipinski definition) is 7. The van der Waals surface area contributed by atoms with Gasteiger partial charge in [-0.15, -0.1) is 22.7 Å². The van der Waals surface area contributed by atoms with Crippen LogP contribution in [0.2, 0.25) is 0 Å². The Morgan fingerprint density at radius 3 is 3.10 bits per heavy atom. The molecule has 5 nitrogen and oxygen atoms in total. The van der Waals surface area contributed by atoms with Crippen molar-refractivity contribution in [2.24, 2.45) is 0 Å². The van der Waals surface area contributed by atoms with E-state index in [1.807, 2.05) is 17.6 Å². The van der Waals surface area contributed by atoms with Gasteiger partial charge in [-0.3, -0.25) is 0 Å². The Hall–Kier alpha value is -1.57. The number of morpholine rings is 1. The maximum absolute atomic E-state index is 5.83. The van der Waals surface area contributed by atoms with Crippen LogP contribution in [0.3, 0.4) is 0 Å². The van der Waals surface area contributed by atoms with Crippen molar-refractivity contribution in [2.45, 2.75) is 6.10 Å². The Balaban J connectivity index is 1.66. The summed E-state index contributed by atoms with van der Waals surface area (Å²) in [5.41, 5.74) is 1.01. The molecule has 4 rings (SSSR count). The summed E-state index contributed by atoms with van der Waals surface area (Å²) in [5, 5.41) is 5.08. The number of fused-ring (bicyclic) bond motifs is 1. The van der Waals surface area contributed by atoms with Gasteiger partial charge in [-0.25, -0.2) is 15.0 Å². The molecule has 102 valence electrons. The van der Waals surface area contributed by atoms with Gasteiger partial charge < -0.3 is 9.64 Å². The van der Waals surface area contributed by atoms with Crippen molar-refractivity contribution in [3.63, 3.8) is 0 Å². The van der Waals surface area contributed by atoms with Crippen LogP contribution < -0.4 is 4.90 Å². The third-order valence-electron chi connectivity index (χ3n) is 3.32. The summed E-state index contributed by atoms with van der Waals surface area (Å²) in [7, 11) is 0. The van der Waals surface area contributed by atoms with E-state index in [-0.39, 0.29) is 6.10 Å². The van der Waals surface area contributed by atoms with Crippen LogP contribution in [0.4, 0.5) is 5.82 Å². The van der Waals surface area contributed by atoms with Gasteiger partial charge in [0.1, 0.15) is 23.3 Å². The molecule has 0 spiro atoms.